The van der Waals surface area contributed by atoms with Crippen molar-refractivity contribution in [3.8, 4) is 0 Å². The van der Waals surface area contributed by atoms with Crippen molar-refractivity contribution in [3.05, 3.63) is 59.1 Å². The largest absolute Gasteiger partial charge is 0.352 e. The third-order valence-electron chi connectivity index (χ3n) is 3.46. The number of carbonyl (C=O) groups excluding carboxylic acids is 2. The van der Waals surface area contributed by atoms with E-state index in [1.54, 1.807) is 36.4 Å². The molecule has 0 aliphatic carbocycles. The molecular weight excluding hydrogens is 356 g/mol. The molecule has 0 fully saturated rings. The van der Waals surface area contributed by atoms with Crippen LogP contribution in [0, 0.1) is 0 Å². The van der Waals surface area contributed by atoms with E-state index in [1.165, 1.54) is 11.8 Å². The summed E-state index contributed by atoms with van der Waals surface area (Å²) in [5.41, 5.74) is 0.984. The minimum Gasteiger partial charge on any atom is -0.352 e. The molecule has 0 aliphatic rings. The first kappa shape index (κ1) is 19.3. The highest BCUT2D eigenvalue weighted by molar-refractivity contribution is 8.00. The van der Waals surface area contributed by atoms with Gasteiger partial charge in [0, 0.05) is 16.5 Å². The lowest BCUT2D eigenvalue weighted by molar-refractivity contribution is -0.115. The molecule has 1 atom stereocenters. The van der Waals surface area contributed by atoms with E-state index in [-0.39, 0.29) is 17.1 Å². The summed E-state index contributed by atoms with van der Waals surface area (Å²) in [6.45, 7) is 4.42. The van der Waals surface area contributed by atoms with Crippen LogP contribution < -0.4 is 10.6 Å². The summed E-state index contributed by atoms with van der Waals surface area (Å²) in [5.74, 6) is -0.341. The SMILES string of the molecule is CCCNC(=O)c1ccccc1NC(=O)C(C)Sc1ccc(Cl)cc1. The fourth-order valence-electron chi connectivity index (χ4n) is 2.13. The zero-order valence-electron chi connectivity index (χ0n) is 14.2. The summed E-state index contributed by atoms with van der Waals surface area (Å²) in [5, 5.41) is 6.03. The van der Waals surface area contributed by atoms with Gasteiger partial charge in [-0.05, 0) is 49.7 Å². The number of hydrogen-bond donors (Lipinski definition) is 2. The smallest absolute Gasteiger partial charge is 0.253 e. The molecule has 2 aromatic carbocycles. The van der Waals surface area contributed by atoms with Crippen LogP contribution in [0.3, 0.4) is 0 Å². The molecule has 2 amide bonds. The summed E-state index contributed by atoms with van der Waals surface area (Å²) in [6, 6.07) is 14.4. The van der Waals surface area contributed by atoms with E-state index in [9.17, 15) is 9.59 Å². The van der Waals surface area contributed by atoms with Crippen LogP contribution in [-0.4, -0.2) is 23.6 Å². The van der Waals surface area contributed by atoms with E-state index in [4.69, 9.17) is 11.6 Å². The molecule has 0 saturated carbocycles. The molecule has 132 valence electrons. The summed E-state index contributed by atoms with van der Waals surface area (Å²) in [7, 11) is 0. The van der Waals surface area contributed by atoms with Crippen LogP contribution in [0.25, 0.3) is 0 Å². The van der Waals surface area contributed by atoms with Crippen LogP contribution in [0.2, 0.25) is 5.02 Å². The molecular formula is C19H21ClN2O2S. The first-order chi connectivity index (χ1) is 12.0. The van der Waals surface area contributed by atoms with Gasteiger partial charge in [-0.15, -0.1) is 11.8 Å². The van der Waals surface area contributed by atoms with Gasteiger partial charge in [0.25, 0.3) is 5.91 Å². The lowest BCUT2D eigenvalue weighted by Gasteiger charge is -2.14. The molecule has 2 aromatic rings. The molecule has 0 spiro atoms. The van der Waals surface area contributed by atoms with E-state index < -0.39 is 0 Å². The summed E-state index contributed by atoms with van der Waals surface area (Å²) < 4.78 is 0. The maximum absolute atomic E-state index is 12.5. The number of halogens is 1. The number of hydrogen-bond acceptors (Lipinski definition) is 3. The van der Waals surface area contributed by atoms with Gasteiger partial charge in [0.15, 0.2) is 0 Å². The Bertz CT molecular complexity index is 734. The average molecular weight is 377 g/mol. The molecule has 1 unspecified atom stereocenters. The predicted octanol–water partition coefficient (Wildman–Crippen LogP) is 4.60. The van der Waals surface area contributed by atoms with E-state index >= 15 is 0 Å². The Morgan fingerprint density at radius 2 is 1.80 bits per heavy atom. The van der Waals surface area contributed by atoms with Crippen LogP contribution >= 0.6 is 23.4 Å². The Labute approximate surface area is 157 Å². The second-order valence-corrected chi connectivity index (χ2v) is 7.36. The van der Waals surface area contributed by atoms with Gasteiger partial charge in [0.2, 0.25) is 5.91 Å². The molecule has 0 saturated heterocycles. The van der Waals surface area contributed by atoms with E-state index in [0.29, 0.717) is 22.8 Å². The normalized spacial score (nSPS) is 11.6. The zero-order chi connectivity index (χ0) is 18.2. The summed E-state index contributed by atoms with van der Waals surface area (Å²) >= 11 is 7.31. The van der Waals surface area contributed by atoms with Crippen molar-refractivity contribution in [2.24, 2.45) is 0 Å². The number of rotatable bonds is 7. The lowest BCUT2D eigenvalue weighted by atomic mass is 10.1. The lowest BCUT2D eigenvalue weighted by Crippen LogP contribution is -2.27. The zero-order valence-corrected chi connectivity index (χ0v) is 15.8. The minimum atomic E-state index is -0.312. The van der Waals surface area contributed by atoms with E-state index in [2.05, 4.69) is 10.6 Å². The predicted molar refractivity (Wildman–Crippen MR) is 104 cm³/mol. The second-order valence-electron chi connectivity index (χ2n) is 5.50. The fraction of sp³-hybridized carbons (Fsp3) is 0.263. The van der Waals surface area contributed by atoms with Crippen molar-refractivity contribution < 1.29 is 9.59 Å². The van der Waals surface area contributed by atoms with Crippen LogP contribution in [0.5, 0.6) is 0 Å². The number of anilines is 1. The number of amides is 2. The van der Waals surface area contributed by atoms with E-state index in [0.717, 1.165) is 11.3 Å². The van der Waals surface area contributed by atoms with Crippen molar-refractivity contribution in [1.29, 1.82) is 0 Å². The number of benzene rings is 2. The van der Waals surface area contributed by atoms with Gasteiger partial charge in [-0.25, -0.2) is 0 Å². The molecule has 0 heterocycles. The highest BCUT2D eigenvalue weighted by Crippen LogP contribution is 2.26. The van der Waals surface area contributed by atoms with Gasteiger partial charge in [0.05, 0.1) is 16.5 Å². The minimum absolute atomic E-state index is 0.157. The fourth-order valence-corrected chi connectivity index (χ4v) is 3.12. The number of nitrogens with one attached hydrogen (secondary N) is 2. The van der Waals surface area contributed by atoms with Crippen molar-refractivity contribution in [2.45, 2.75) is 30.4 Å². The van der Waals surface area contributed by atoms with Crippen molar-refractivity contribution in [1.82, 2.24) is 5.32 Å². The molecule has 0 bridgehead atoms. The molecule has 25 heavy (non-hydrogen) atoms. The topological polar surface area (TPSA) is 58.2 Å². The van der Waals surface area contributed by atoms with Gasteiger partial charge < -0.3 is 10.6 Å². The Morgan fingerprint density at radius 1 is 1.12 bits per heavy atom. The molecule has 4 nitrogen and oxygen atoms in total. The molecule has 0 radical (unpaired) electrons. The average Bonchev–Trinajstić information content (AvgIpc) is 2.62. The number of carbonyl (C=O) groups is 2. The summed E-state index contributed by atoms with van der Waals surface area (Å²) in [4.78, 5) is 25.7. The van der Waals surface area contributed by atoms with Gasteiger partial charge >= 0.3 is 0 Å². The Morgan fingerprint density at radius 3 is 2.48 bits per heavy atom. The van der Waals surface area contributed by atoms with Crippen LogP contribution in [0.4, 0.5) is 5.69 Å². The van der Waals surface area contributed by atoms with Gasteiger partial charge in [-0.3, -0.25) is 9.59 Å². The highest BCUT2D eigenvalue weighted by Gasteiger charge is 2.18. The molecule has 0 aliphatic heterocycles. The third-order valence-corrected chi connectivity index (χ3v) is 4.82. The molecule has 6 heteroatoms. The van der Waals surface area contributed by atoms with Crippen LogP contribution in [0.1, 0.15) is 30.6 Å². The van der Waals surface area contributed by atoms with Gasteiger partial charge in [0.1, 0.15) is 0 Å². The Hall–Kier alpha value is -1.98. The first-order valence-electron chi connectivity index (χ1n) is 8.11. The number of thioether (sulfide) groups is 1. The summed E-state index contributed by atoms with van der Waals surface area (Å²) in [6.07, 6.45) is 0.856. The van der Waals surface area contributed by atoms with Gasteiger partial charge in [-0.1, -0.05) is 30.7 Å². The number of para-hydroxylation sites is 1. The maximum atomic E-state index is 12.5. The highest BCUT2D eigenvalue weighted by atomic mass is 35.5. The molecule has 2 N–H and O–H groups in total. The van der Waals surface area contributed by atoms with Crippen molar-refractivity contribution in [2.75, 3.05) is 11.9 Å². The standard InChI is InChI=1S/C19H21ClN2O2S/c1-3-12-21-19(24)16-6-4-5-7-17(16)22-18(23)13(2)25-15-10-8-14(20)9-11-15/h4-11,13H,3,12H2,1-2H3,(H,21,24)(H,22,23). The monoisotopic (exact) mass is 376 g/mol. The Balaban J connectivity index is 2.04. The van der Waals surface area contributed by atoms with Gasteiger partial charge in [-0.2, -0.15) is 0 Å². The van der Waals surface area contributed by atoms with E-state index in [1.807, 2.05) is 26.0 Å². The quantitative estimate of drug-likeness (QED) is 0.694. The molecule has 2 rings (SSSR count). The van der Waals surface area contributed by atoms with Crippen LogP contribution in [-0.2, 0) is 4.79 Å². The second kappa shape index (κ2) is 9.49. The van der Waals surface area contributed by atoms with Crippen molar-refractivity contribution in [3.63, 3.8) is 0 Å². The van der Waals surface area contributed by atoms with Crippen molar-refractivity contribution >= 4 is 40.9 Å². The molecule has 0 aromatic heterocycles. The Kier molecular flexibility index (Phi) is 7.34. The third kappa shape index (κ3) is 5.80. The maximum Gasteiger partial charge on any atom is 0.253 e. The van der Waals surface area contributed by atoms with Crippen LogP contribution in [0.15, 0.2) is 53.4 Å². The first-order valence-corrected chi connectivity index (χ1v) is 9.37.